The van der Waals surface area contributed by atoms with Crippen molar-refractivity contribution in [3.63, 3.8) is 0 Å². The van der Waals surface area contributed by atoms with Crippen molar-refractivity contribution >= 4 is 34.9 Å². The molecule has 2 aromatic carbocycles. The maximum absolute atomic E-state index is 12.4. The first-order valence-corrected chi connectivity index (χ1v) is 9.04. The number of carbonyl (C=O) groups is 1. The van der Waals surface area contributed by atoms with E-state index >= 15 is 0 Å². The van der Waals surface area contributed by atoms with Gasteiger partial charge in [0.05, 0.1) is 11.1 Å². The summed E-state index contributed by atoms with van der Waals surface area (Å²) in [5.41, 5.74) is 0.713. The molecule has 0 unspecified atom stereocenters. The van der Waals surface area contributed by atoms with Gasteiger partial charge in [0.1, 0.15) is 5.82 Å². The summed E-state index contributed by atoms with van der Waals surface area (Å²) in [6.07, 6.45) is 1.32. The summed E-state index contributed by atoms with van der Waals surface area (Å²) in [6, 6.07) is 21.4. The lowest BCUT2D eigenvalue weighted by Gasteiger charge is -2.38. The Hall–Kier alpha value is -2.43. The Bertz CT molecular complexity index is 922. The van der Waals surface area contributed by atoms with Crippen LogP contribution < -0.4 is 4.90 Å². The Morgan fingerprint density at radius 2 is 1.63 bits per heavy atom. The molecule has 0 spiro atoms. The number of halogens is 1. The van der Waals surface area contributed by atoms with Gasteiger partial charge in [-0.15, -0.1) is 12.4 Å². The van der Waals surface area contributed by atoms with E-state index < -0.39 is 5.60 Å². The average Bonchev–Trinajstić information content (AvgIpc) is 2.68. The normalized spacial score (nSPS) is 16.0. The van der Waals surface area contributed by atoms with Gasteiger partial charge in [-0.25, -0.2) is 4.98 Å². The summed E-state index contributed by atoms with van der Waals surface area (Å²) >= 11 is 0. The van der Waals surface area contributed by atoms with E-state index in [2.05, 4.69) is 17.0 Å². The number of nitrogens with zero attached hydrogens (tertiary/aromatic N) is 2. The predicted octanol–water partition coefficient (Wildman–Crippen LogP) is 4.26. The van der Waals surface area contributed by atoms with Crippen molar-refractivity contribution in [1.82, 2.24) is 4.98 Å². The number of carbonyl (C=O) groups excluding carboxylic acids is 1. The minimum Gasteiger partial charge on any atom is -0.389 e. The van der Waals surface area contributed by atoms with E-state index in [9.17, 15) is 9.90 Å². The smallest absolute Gasteiger partial charge is 0.165 e. The quantitative estimate of drug-likeness (QED) is 0.685. The molecule has 0 aliphatic carbocycles. The third kappa shape index (κ3) is 4.29. The number of fused-ring (bicyclic) bond motifs is 1. The fraction of sp³-hybridized carbons (Fsp3) is 0.273. The van der Waals surface area contributed by atoms with Gasteiger partial charge in [-0.2, -0.15) is 0 Å². The number of hydrogen-bond acceptors (Lipinski definition) is 4. The molecule has 1 N–H and O–H groups in total. The van der Waals surface area contributed by atoms with Gasteiger partial charge in [-0.1, -0.05) is 48.5 Å². The average molecular weight is 383 g/mol. The van der Waals surface area contributed by atoms with Gasteiger partial charge >= 0.3 is 0 Å². The summed E-state index contributed by atoms with van der Waals surface area (Å²) in [6.45, 7) is 1.40. The molecule has 5 heteroatoms. The molecular weight excluding hydrogens is 360 g/mol. The first kappa shape index (κ1) is 19.3. The van der Waals surface area contributed by atoms with Crippen LogP contribution in [0.1, 0.15) is 29.6 Å². The van der Waals surface area contributed by atoms with E-state index in [4.69, 9.17) is 4.98 Å². The van der Waals surface area contributed by atoms with Crippen LogP contribution in [0, 0.1) is 0 Å². The second-order valence-corrected chi connectivity index (χ2v) is 7.04. The van der Waals surface area contributed by atoms with Crippen LogP contribution in [0.4, 0.5) is 5.82 Å². The number of rotatable bonds is 4. The topological polar surface area (TPSA) is 53.4 Å². The molecule has 1 saturated heterocycles. The lowest BCUT2D eigenvalue weighted by molar-refractivity contribution is 0.0108. The fourth-order valence-electron chi connectivity index (χ4n) is 3.59. The summed E-state index contributed by atoms with van der Waals surface area (Å²) in [7, 11) is 0. The summed E-state index contributed by atoms with van der Waals surface area (Å²) in [4.78, 5) is 19.4. The zero-order chi connectivity index (χ0) is 18.0. The maximum Gasteiger partial charge on any atom is 0.165 e. The van der Waals surface area contributed by atoms with Gasteiger partial charge < -0.3 is 10.0 Å². The molecule has 27 heavy (non-hydrogen) atoms. The molecule has 0 atom stereocenters. The molecule has 1 aromatic heterocycles. The van der Waals surface area contributed by atoms with E-state index in [1.807, 2.05) is 42.5 Å². The molecule has 0 bridgehead atoms. The highest BCUT2D eigenvalue weighted by atomic mass is 35.5. The van der Waals surface area contributed by atoms with Crippen molar-refractivity contribution in [3.05, 3.63) is 72.3 Å². The van der Waals surface area contributed by atoms with Crippen LogP contribution in [0.2, 0.25) is 0 Å². The van der Waals surface area contributed by atoms with Crippen molar-refractivity contribution in [3.8, 4) is 0 Å². The Morgan fingerprint density at radius 1 is 0.963 bits per heavy atom. The first-order chi connectivity index (χ1) is 12.6. The molecule has 0 radical (unpaired) electrons. The van der Waals surface area contributed by atoms with E-state index in [0.717, 1.165) is 16.7 Å². The van der Waals surface area contributed by atoms with Crippen molar-refractivity contribution in [1.29, 1.82) is 0 Å². The molecule has 0 saturated carbocycles. The summed E-state index contributed by atoms with van der Waals surface area (Å²) in [5, 5.41) is 12.0. The number of pyridine rings is 1. The van der Waals surface area contributed by atoms with Crippen LogP contribution in [-0.2, 0) is 0 Å². The van der Waals surface area contributed by atoms with Crippen LogP contribution in [0.25, 0.3) is 10.9 Å². The number of aromatic nitrogens is 1. The van der Waals surface area contributed by atoms with Gasteiger partial charge in [-0.3, -0.25) is 4.79 Å². The molecule has 1 aliphatic heterocycles. The molecule has 1 aliphatic rings. The summed E-state index contributed by atoms with van der Waals surface area (Å²) in [5.74, 6) is 0.936. The largest absolute Gasteiger partial charge is 0.389 e. The number of anilines is 1. The lowest BCUT2D eigenvalue weighted by Crippen LogP contribution is -2.45. The first-order valence-electron chi connectivity index (χ1n) is 9.04. The van der Waals surface area contributed by atoms with E-state index in [1.165, 1.54) is 0 Å². The standard InChI is InChI=1S/C22H22N2O2.ClH/c25-20(18-7-2-1-3-8-18)16-22(26)12-14-24(15-13-22)21-11-10-17-6-4-5-9-19(17)23-21;/h1-11,26H,12-16H2;1H. The number of ketones is 1. The number of Topliss-reactive ketones (excluding diaryl/α,β-unsaturated/α-hetero) is 1. The molecule has 1 fully saturated rings. The van der Waals surface area contributed by atoms with Gasteiger partial charge in [0.2, 0.25) is 0 Å². The van der Waals surface area contributed by atoms with E-state index in [-0.39, 0.29) is 24.6 Å². The maximum atomic E-state index is 12.4. The SMILES string of the molecule is Cl.O=C(CC1(O)CCN(c2ccc3ccccc3n2)CC1)c1ccccc1. The van der Waals surface area contributed by atoms with Crippen LogP contribution >= 0.6 is 12.4 Å². The van der Waals surface area contributed by atoms with Crippen molar-refractivity contribution in [2.45, 2.75) is 24.9 Å². The van der Waals surface area contributed by atoms with Gasteiger partial charge in [0.15, 0.2) is 5.78 Å². The molecule has 4 nitrogen and oxygen atoms in total. The van der Waals surface area contributed by atoms with Crippen LogP contribution in [0.3, 0.4) is 0 Å². The molecule has 140 valence electrons. The minimum atomic E-state index is -0.930. The molecule has 2 heterocycles. The van der Waals surface area contributed by atoms with Gasteiger partial charge in [0.25, 0.3) is 0 Å². The van der Waals surface area contributed by atoms with Crippen molar-refractivity contribution in [2.24, 2.45) is 0 Å². The highest BCUT2D eigenvalue weighted by Gasteiger charge is 2.35. The number of aliphatic hydroxyl groups is 1. The molecule has 3 aromatic rings. The number of benzene rings is 2. The van der Waals surface area contributed by atoms with Gasteiger partial charge in [-0.05, 0) is 31.0 Å². The highest BCUT2D eigenvalue weighted by Crippen LogP contribution is 2.30. The predicted molar refractivity (Wildman–Crippen MR) is 111 cm³/mol. The van der Waals surface area contributed by atoms with Crippen LogP contribution in [0.15, 0.2) is 66.7 Å². The highest BCUT2D eigenvalue weighted by molar-refractivity contribution is 5.96. The Balaban J connectivity index is 0.00000210. The third-order valence-corrected chi connectivity index (χ3v) is 5.19. The van der Waals surface area contributed by atoms with Crippen molar-refractivity contribution < 1.29 is 9.90 Å². The molecule has 4 rings (SSSR count). The van der Waals surface area contributed by atoms with Crippen molar-refractivity contribution in [2.75, 3.05) is 18.0 Å². The van der Waals surface area contributed by atoms with E-state index in [1.54, 1.807) is 12.1 Å². The Morgan fingerprint density at radius 3 is 2.37 bits per heavy atom. The summed E-state index contributed by atoms with van der Waals surface area (Å²) < 4.78 is 0. The van der Waals surface area contributed by atoms with E-state index in [0.29, 0.717) is 31.5 Å². The molecule has 0 amide bonds. The fourth-order valence-corrected chi connectivity index (χ4v) is 3.59. The number of piperidine rings is 1. The Labute approximate surface area is 165 Å². The Kier molecular flexibility index (Phi) is 5.78. The zero-order valence-corrected chi connectivity index (χ0v) is 15.9. The number of hydrogen-bond donors (Lipinski definition) is 1. The number of para-hydroxylation sites is 1. The lowest BCUT2D eigenvalue weighted by atomic mass is 9.85. The van der Waals surface area contributed by atoms with Gasteiger partial charge in [0, 0.05) is 30.5 Å². The zero-order valence-electron chi connectivity index (χ0n) is 15.0. The second-order valence-electron chi connectivity index (χ2n) is 7.04. The van der Waals surface area contributed by atoms with Crippen LogP contribution in [0.5, 0.6) is 0 Å². The third-order valence-electron chi connectivity index (χ3n) is 5.19. The monoisotopic (exact) mass is 382 g/mol. The molecular formula is C22H23ClN2O2. The second kappa shape index (κ2) is 8.07. The van der Waals surface area contributed by atoms with Crippen LogP contribution in [-0.4, -0.2) is 34.6 Å². The minimum absolute atomic E-state index is 0.